The Morgan fingerprint density at radius 1 is 1.21 bits per heavy atom. The summed E-state index contributed by atoms with van der Waals surface area (Å²) in [6, 6.07) is 3.99. The van der Waals surface area contributed by atoms with Crippen molar-refractivity contribution in [2.45, 2.75) is 50.2 Å². The van der Waals surface area contributed by atoms with E-state index >= 15 is 0 Å². The summed E-state index contributed by atoms with van der Waals surface area (Å²) < 4.78 is 5.73. The van der Waals surface area contributed by atoms with Gasteiger partial charge in [-0.25, -0.2) is 4.98 Å². The van der Waals surface area contributed by atoms with Crippen molar-refractivity contribution < 1.29 is 4.74 Å². The largest absolute Gasteiger partial charge is 0.477 e. The molecule has 1 aliphatic rings. The highest BCUT2D eigenvalue weighted by Crippen LogP contribution is 2.36. The van der Waals surface area contributed by atoms with Gasteiger partial charge >= 0.3 is 0 Å². The van der Waals surface area contributed by atoms with Crippen molar-refractivity contribution in [3.05, 3.63) is 22.8 Å². The number of aryl methyl sites for hydroxylation is 1. The van der Waals surface area contributed by atoms with Crippen molar-refractivity contribution in [3.63, 3.8) is 0 Å². The lowest BCUT2D eigenvalue weighted by molar-refractivity contribution is 0.328. The molecule has 1 aliphatic heterocycles. The summed E-state index contributed by atoms with van der Waals surface area (Å²) >= 11 is 7.85. The van der Waals surface area contributed by atoms with Gasteiger partial charge in [0.25, 0.3) is 0 Å². The van der Waals surface area contributed by atoms with Gasteiger partial charge in [-0.05, 0) is 56.0 Å². The summed E-state index contributed by atoms with van der Waals surface area (Å²) in [6.45, 7) is 8.84. The molecule has 0 radical (unpaired) electrons. The zero-order valence-corrected chi connectivity index (χ0v) is 18.5. The van der Waals surface area contributed by atoms with Crippen LogP contribution in [0.1, 0.15) is 39.3 Å². The van der Waals surface area contributed by atoms with Crippen LogP contribution < -0.4 is 9.64 Å². The number of piperidine rings is 1. The predicted molar refractivity (Wildman–Crippen MR) is 116 cm³/mol. The molecule has 0 aromatic carbocycles. The maximum Gasteiger partial charge on any atom is 0.228 e. The van der Waals surface area contributed by atoms with Gasteiger partial charge in [-0.1, -0.05) is 25.4 Å². The average molecular weight is 433 g/mol. The van der Waals surface area contributed by atoms with E-state index in [1.165, 1.54) is 24.6 Å². The highest BCUT2D eigenvalue weighted by Gasteiger charge is 2.19. The summed E-state index contributed by atoms with van der Waals surface area (Å²) in [5, 5.41) is 11.4. The molecule has 4 rings (SSSR count). The molecule has 0 atom stereocenters. The van der Waals surface area contributed by atoms with Crippen LogP contribution in [0.25, 0.3) is 11.0 Å². The molecule has 3 aromatic rings. The van der Waals surface area contributed by atoms with Gasteiger partial charge in [0.1, 0.15) is 10.7 Å². The number of ether oxygens (including phenoxy) is 1. The first-order valence-corrected chi connectivity index (χ1v) is 11.3. The molecule has 29 heavy (non-hydrogen) atoms. The summed E-state index contributed by atoms with van der Waals surface area (Å²) in [7, 11) is 0. The molecule has 0 saturated carbocycles. The quantitative estimate of drug-likeness (QED) is 0.563. The van der Waals surface area contributed by atoms with Crippen molar-refractivity contribution in [2.75, 3.05) is 24.6 Å². The number of fused-ring (bicyclic) bond motifs is 1. The Morgan fingerprint density at radius 3 is 2.66 bits per heavy atom. The standard InChI is InChI=1S/C20H25ClN6OS/c1-4-13-17(21)16-18(22-13)23-20(24-19(16)28-5-2)29-15-7-6-14(25-26-15)27-10-8-12(3)9-11-27/h6-7,12H,4-5,8-11H2,1-3H3,(H,22,23,24). The fraction of sp³-hybridized carbons (Fsp3) is 0.500. The second-order valence-electron chi connectivity index (χ2n) is 7.24. The molecular weight excluding hydrogens is 408 g/mol. The monoisotopic (exact) mass is 432 g/mol. The van der Waals surface area contributed by atoms with Crippen molar-refractivity contribution >= 4 is 40.2 Å². The van der Waals surface area contributed by atoms with Gasteiger partial charge in [0.15, 0.2) is 11.0 Å². The minimum absolute atomic E-state index is 0.493. The Hall–Kier alpha value is -2.06. The van der Waals surface area contributed by atoms with Crippen molar-refractivity contribution in [1.82, 2.24) is 25.1 Å². The maximum atomic E-state index is 6.49. The van der Waals surface area contributed by atoms with Gasteiger partial charge in [0, 0.05) is 18.8 Å². The van der Waals surface area contributed by atoms with E-state index in [4.69, 9.17) is 16.3 Å². The van der Waals surface area contributed by atoms with E-state index in [1.807, 2.05) is 26.0 Å². The summed E-state index contributed by atoms with van der Waals surface area (Å²) in [5.41, 5.74) is 1.61. The SMILES string of the molecule is CCOc1nc(Sc2ccc(N3CCC(C)CC3)nn2)nc2[nH]c(CC)c(Cl)c12. The number of halogens is 1. The number of nitrogens with one attached hydrogen (secondary N) is 1. The molecule has 1 N–H and O–H groups in total. The number of H-pyrrole nitrogens is 1. The highest BCUT2D eigenvalue weighted by molar-refractivity contribution is 7.99. The molecule has 3 aromatic heterocycles. The Balaban J connectivity index is 1.57. The van der Waals surface area contributed by atoms with E-state index in [9.17, 15) is 0 Å². The van der Waals surface area contributed by atoms with E-state index in [0.29, 0.717) is 28.3 Å². The van der Waals surface area contributed by atoms with Gasteiger partial charge < -0.3 is 14.6 Å². The second kappa shape index (κ2) is 8.75. The third kappa shape index (κ3) is 4.28. The Labute approximate surface area is 179 Å². The predicted octanol–water partition coefficient (Wildman–Crippen LogP) is 4.75. The first-order valence-electron chi connectivity index (χ1n) is 10.1. The van der Waals surface area contributed by atoms with Crippen LogP contribution in [0.3, 0.4) is 0 Å². The first kappa shape index (κ1) is 20.2. The van der Waals surface area contributed by atoms with Crippen LogP contribution >= 0.6 is 23.4 Å². The van der Waals surface area contributed by atoms with Crippen LogP contribution in [0.15, 0.2) is 22.3 Å². The van der Waals surface area contributed by atoms with Crippen LogP contribution in [-0.2, 0) is 6.42 Å². The number of rotatable bonds is 6. The van der Waals surface area contributed by atoms with Crippen LogP contribution in [0, 0.1) is 5.92 Å². The van der Waals surface area contributed by atoms with Crippen molar-refractivity contribution in [3.8, 4) is 5.88 Å². The van der Waals surface area contributed by atoms with Crippen molar-refractivity contribution in [2.24, 2.45) is 5.92 Å². The van der Waals surface area contributed by atoms with E-state index in [2.05, 4.69) is 37.0 Å². The maximum absolute atomic E-state index is 6.49. The van der Waals surface area contributed by atoms with Crippen LogP contribution in [-0.4, -0.2) is 44.8 Å². The molecule has 0 aliphatic carbocycles. The molecule has 1 saturated heterocycles. The normalized spacial score (nSPS) is 15.2. The smallest absolute Gasteiger partial charge is 0.228 e. The molecular formula is C20H25ClN6OS. The molecule has 0 amide bonds. The van der Waals surface area contributed by atoms with Crippen LogP contribution in [0.4, 0.5) is 5.82 Å². The van der Waals surface area contributed by atoms with Crippen LogP contribution in [0.5, 0.6) is 5.88 Å². The Kier molecular flexibility index (Phi) is 6.10. The number of aromatic amines is 1. The van der Waals surface area contributed by atoms with E-state index in [1.54, 1.807) is 0 Å². The van der Waals surface area contributed by atoms with Gasteiger partial charge in [-0.15, -0.1) is 10.2 Å². The third-order valence-corrected chi connectivity index (χ3v) is 6.38. The summed E-state index contributed by atoms with van der Waals surface area (Å²) in [5.74, 6) is 2.21. The van der Waals surface area contributed by atoms with Crippen molar-refractivity contribution in [1.29, 1.82) is 0 Å². The minimum Gasteiger partial charge on any atom is -0.477 e. The van der Waals surface area contributed by atoms with Gasteiger partial charge in [-0.3, -0.25) is 0 Å². The molecule has 0 bridgehead atoms. The number of hydrogen-bond donors (Lipinski definition) is 1. The summed E-state index contributed by atoms with van der Waals surface area (Å²) in [4.78, 5) is 14.8. The second-order valence-corrected chi connectivity index (χ2v) is 8.61. The molecule has 154 valence electrons. The molecule has 0 spiro atoms. The zero-order valence-electron chi connectivity index (χ0n) is 16.9. The van der Waals surface area contributed by atoms with Gasteiger partial charge in [-0.2, -0.15) is 4.98 Å². The Morgan fingerprint density at radius 2 is 2.00 bits per heavy atom. The van der Waals surface area contributed by atoms with E-state index in [-0.39, 0.29) is 0 Å². The van der Waals surface area contributed by atoms with E-state index < -0.39 is 0 Å². The molecule has 9 heteroatoms. The molecule has 7 nitrogen and oxygen atoms in total. The molecule has 1 fully saturated rings. The lowest BCUT2D eigenvalue weighted by Gasteiger charge is -2.30. The third-order valence-electron chi connectivity index (χ3n) is 5.17. The highest BCUT2D eigenvalue weighted by atomic mass is 35.5. The van der Waals surface area contributed by atoms with Crippen LogP contribution in [0.2, 0.25) is 5.02 Å². The average Bonchev–Trinajstić information content (AvgIpc) is 3.05. The fourth-order valence-corrected chi connectivity index (χ4v) is 4.48. The lowest BCUT2D eigenvalue weighted by atomic mass is 9.99. The topological polar surface area (TPSA) is 79.8 Å². The fourth-order valence-electron chi connectivity index (χ4n) is 3.46. The zero-order chi connectivity index (χ0) is 20.4. The van der Waals surface area contributed by atoms with Gasteiger partial charge in [0.05, 0.1) is 17.0 Å². The number of nitrogens with zero attached hydrogens (tertiary/aromatic N) is 5. The Bertz CT molecular complexity index is 985. The van der Waals surface area contributed by atoms with E-state index in [0.717, 1.165) is 47.4 Å². The molecule has 4 heterocycles. The number of hydrogen-bond acceptors (Lipinski definition) is 7. The molecule has 0 unspecified atom stereocenters. The van der Waals surface area contributed by atoms with Gasteiger partial charge in [0.2, 0.25) is 5.88 Å². The first-order chi connectivity index (χ1) is 14.1. The number of anilines is 1. The lowest BCUT2D eigenvalue weighted by Crippen LogP contribution is -2.33. The summed E-state index contributed by atoms with van der Waals surface area (Å²) in [6.07, 6.45) is 3.18. The number of aromatic nitrogens is 5. The minimum atomic E-state index is 0.493.